The Bertz CT molecular complexity index is 908. The predicted octanol–water partition coefficient (Wildman–Crippen LogP) is 3.49. The highest BCUT2D eigenvalue weighted by atomic mass is 35.5. The lowest BCUT2D eigenvalue weighted by atomic mass is 10.0. The molecule has 0 atom stereocenters. The average Bonchev–Trinajstić information content (AvgIpc) is 2.62. The number of aryl methyl sites for hydroxylation is 1. The summed E-state index contributed by atoms with van der Waals surface area (Å²) in [6, 6.07) is 10.5. The summed E-state index contributed by atoms with van der Waals surface area (Å²) in [6.45, 7) is 0. The van der Waals surface area contributed by atoms with Crippen LogP contribution in [0.15, 0.2) is 42.1 Å². The zero-order chi connectivity index (χ0) is 18.7. The van der Waals surface area contributed by atoms with Gasteiger partial charge in [-0.2, -0.15) is 0 Å². The van der Waals surface area contributed by atoms with Crippen molar-refractivity contribution in [3.63, 3.8) is 0 Å². The minimum Gasteiger partial charge on any atom is -0.464 e. The topological polar surface area (TPSA) is 90.7 Å². The van der Waals surface area contributed by atoms with Crippen LogP contribution < -0.4 is 15.8 Å². The van der Waals surface area contributed by atoms with E-state index in [0.717, 1.165) is 11.3 Å². The van der Waals surface area contributed by atoms with Crippen molar-refractivity contribution < 1.29 is 19.1 Å². The number of halogens is 1. The van der Waals surface area contributed by atoms with E-state index in [9.17, 15) is 9.59 Å². The van der Waals surface area contributed by atoms with Gasteiger partial charge in [0.2, 0.25) is 5.91 Å². The van der Waals surface area contributed by atoms with E-state index in [1.807, 2.05) is 12.1 Å². The molecule has 0 unspecified atom stereocenters. The molecule has 3 rings (SSSR count). The van der Waals surface area contributed by atoms with Crippen molar-refractivity contribution in [1.29, 1.82) is 0 Å². The maximum Gasteiger partial charge on any atom is 0.353 e. The summed E-state index contributed by atoms with van der Waals surface area (Å²) in [7, 11) is 1.25. The van der Waals surface area contributed by atoms with Crippen molar-refractivity contribution in [3.05, 3.63) is 58.2 Å². The molecule has 0 bridgehead atoms. The molecule has 7 heteroatoms. The third kappa shape index (κ3) is 3.97. The van der Waals surface area contributed by atoms with Crippen LogP contribution in [-0.2, 0) is 20.7 Å². The van der Waals surface area contributed by atoms with Gasteiger partial charge in [0.25, 0.3) is 0 Å². The maximum absolute atomic E-state index is 11.6. The van der Waals surface area contributed by atoms with Gasteiger partial charge in [0.1, 0.15) is 17.2 Å². The highest BCUT2D eigenvalue weighted by Gasteiger charge is 2.16. The molecule has 0 saturated heterocycles. The number of amides is 1. The molecule has 1 aliphatic rings. The van der Waals surface area contributed by atoms with Crippen LogP contribution in [-0.4, -0.2) is 19.0 Å². The van der Waals surface area contributed by atoms with Crippen molar-refractivity contribution in [2.24, 2.45) is 5.73 Å². The van der Waals surface area contributed by atoms with Crippen molar-refractivity contribution in [2.45, 2.75) is 12.8 Å². The SMILES string of the molecule is COC(=O)/C(N)=C/c1ccc(Cl)cc1Oc1ccc2c(c1)NC(=O)CC2. The number of esters is 1. The van der Waals surface area contributed by atoms with Crippen LogP contribution in [0.25, 0.3) is 6.08 Å². The van der Waals surface area contributed by atoms with Gasteiger partial charge < -0.3 is 20.5 Å². The molecule has 26 heavy (non-hydrogen) atoms. The Labute approximate surface area is 155 Å². The summed E-state index contributed by atoms with van der Waals surface area (Å²) in [5.74, 6) is 0.292. The summed E-state index contributed by atoms with van der Waals surface area (Å²) in [5.41, 5.74) is 8.01. The Kier molecular flexibility index (Phi) is 5.14. The number of hydrogen-bond donors (Lipinski definition) is 2. The van der Waals surface area contributed by atoms with Gasteiger partial charge in [0.15, 0.2) is 0 Å². The molecular formula is C19H17ClN2O4. The fraction of sp³-hybridized carbons (Fsp3) is 0.158. The molecule has 2 aromatic rings. The van der Waals surface area contributed by atoms with E-state index in [-0.39, 0.29) is 11.6 Å². The van der Waals surface area contributed by atoms with E-state index >= 15 is 0 Å². The molecular weight excluding hydrogens is 356 g/mol. The second-order valence-electron chi connectivity index (χ2n) is 5.74. The van der Waals surface area contributed by atoms with Crippen molar-refractivity contribution >= 4 is 35.2 Å². The van der Waals surface area contributed by atoms with Crippen LogP contribution in [0.1, 0.15) is 17.5 Å². The second-order valence-corrected chi connectivity index (χ2v) is 6.18. The summed E-state index contributed by atoms with van der Waals surface area (Å²) in [5, 5.41) is 3.30. The zero-order valence-corrected chi connectivity index (χ0v) is 14.8. The van der Waals surface area contributed by atoms with Crippen LogP contribution in [0.5, 0.6) is 11.5 Å². The molecule has 0 aromatic heterocycles. The highest BCUT2D eigenvalue weighted by molar-refractivity contribution is 6.30. The Morgan fingerprint density at radius 2 is 2.04 bits per heavy atom. The molecule has 6 nitrogen and oxygen atoms in total. The van der Waals surface area contributed by atoms with Crippen LogP contribution in [0.2, 0.25) is 5.02 Å². The minimum absolute atomic E-state index is 0.0214. The number of rotatable bonds is 4. The Balaban J connectivity index is 1.92. The molecule has 1 heterocycles. The lowest BCUT2D eigenvalue weighted by Crippen LogP contribution is -2.18. The van der Waals surface area contributed by atoms with Gasteiger partial charge in [-0.25, -0.2) is 4.79 Å². The molecule has 0 saturated carbocycles. The molecule has 0 fully saturated rings. The Morgan fingerprint density at radius 3 is 2.81 bits per heavy atom. The number of anilines is 1. The maximum atomic E-state index is 11.6. The number of carbonyl (C=O) groups is 2. The third-order valence-electron chi connectivity index (χ3n) is 3.91. The first-order valence-corrected chi connectivity index (χ1v) is 8.30. The molecule has 134 valence electrons. The minimum atomic E-state index is -0.637. The van der Waals surface area contributed by atoms with Gasteiger partial charge in [-0.15, -0.1) is 0 Å². The van der Waals surface area contributed by atoms with Crippen LogP contribution in [0, 0.1) is 0 Å². The predicted molar refractivity (Wildman–Crippen MR) is 99.1 cm³/mol. The van der Waals surface area contributed by atoms with Crippen molar-refractivity contribution in [3.8, 4) is 11.5 Å². The number of carbonyl (C=O) groups excluding carboxylic acids is 2. The zero-order valence-electron chi connectivity index (χ0n) is 14.0. The largest absolute Gasteiger partial charge is 0.464 e. The van der Waals surface area contributed by atoms with Gasteiger partial charge >= 0.3 is 5.97 Å². The summed E-state index contributed by atoms with van der Waals surface area (Å²) in [4.78, 5) is 23.1. The quantitative estimate of drug-likeness (QED) is 0.633. The highest BCUT2D eigenvalue weighted by Crippen LogP contribution is 2.33. The van der Waals surface area contributed by atoms with E-state index in [4.69, 9.17) is 22.1 Å². The smallest absolute Gasteiger partial charge is 0.353 e. The summed E-state index contributed by atoms with van der Waals surface area (Å²) in [6.07, 6.45) is 2.63. The standard InChI is InChI=1S/C19H17ClN2O4/c1-25-19(24)15(21)8-12-2-5-13(20)9-17(12)26-14-6-3-11-4-7-18(23)22-16(11)10-14/h2-3,5-6,8-10H,4,7,21H2,1H3,(H,22,23)/b15-8-. The van der Waals surface area contributed by atoms with Gasteiger partial charge in [0, 0.05) is 34.8 Å². The number of hydrogen-bond acceptors (Lipinski definition) is 5. The van der Waals surface area contributed by atoms with Gasteiger partial charge in [0.05, 0.1) is 7.11 Å². The van der Waals surface area contributed by atoms with E-state index in [1.54, 1.807) is 24.3 Å². The van der Waals surface area contributed by atoms with E-state index in [2.05, 4.69) is 10.1 Å². The average molecular weight is 373 g/mol. The molecule has 3 N–H and O–H groups in total. The number of nitrogens with one attached hydrogen (secondary N) is 1. The van der Waals surface area contributed by atoms with Crippen LogP contribution in [0.4, 0.5) is 5.69 Å². The first-order chi connectivity index (χ1) is 12.5. The number of ether oxygens (including phenoxy) is 2. The first-order valence-electron chi connectivity index (χ1n) is 7.92. The van der Waals surface area contributed by atoms with Gasteiger partial charge in [-0.1, -0.05) is 17.7 Å². The summed E-state index contributed by atoms with van der Waals surface area (Å²) >= 11 is 6.06. The molecule has 0 spiro atoms. The second kappa shape index (κ2) is 7.49. The number of nitrogens with two attached hydrogens (primary N) is 1. The van der Waals surface area contributed by atoms with Gasteiger partial charge in [-0.3, -0.25) is 4.79 Å². The van der Waals surface area contributed by atoms with Gasteiger partial charge in [-0.05, 0) is 36.3 Å². The monoisotopic (exact) mass is 372 g/mol. The molecule has 0 radical (unpaired) electrons. The van der Waals surface area contributed by atoms with Crippen molar-refractivity contribution in [2.75, 3.05) is 12.4 Å². The number of fused-ring (bicyclic) bond motifs is 1. The molecule has 1 amide bonds. The lowest BCUT2D eigenvalue weighted by molar-refractivity contribution is -0.136. The molecule has 2 aromatic carbocycles. The molecule has 1 aliphatic heterocycles. The summed E-state index contributed by atoms with van der Waals surface area (Å²) < 4.78 is 10.5. The first kappa shape index (κ1) is 17.8. The lowest BCUT2D eigenvalue weighted by Gasteiger charge is -2.18. The van der Waals surface area contributed by atoms with Crippen LogP contribution >= 0.6 is 11.6 Å². The van der Waals surface area contributed by atoms with Crippen LogP contribution in [0.3, 0.4) is 0 Å². The van der Waals surface area contributed by atoms with E-state index in [0.29, 0.717) is 34.9 Å². The Morgan fingerprint density at radius 1 is 1.23 bits per heavy atom. The fourth-order valence-electron chi connectivity index (χ4n) is 2.60. The fourth-order valence-corrected chi connectivity index (χ4v) is 2.76. The van der Waals surface area contributed by atoms with E-state index in [1.165, 1.54) is 13.2 Å². The normalized spacial score (nSPS) is 13.6. The third-order valence-corrected chi connectivity index (χ3v) is 4.15. The van der Waals surface area contributed by atoms with Crippen molar-refractivity contribution in [1.82, 2.24) is 0 Å². The van der Waals surface area contributed by atoms with E-state index < -0.39 is 5.97 Å². The molecule has 0 aliphatic carbocycles. The Hall–Kier alpha value is -2.99. The number of benzene rings is 2. The number of methoxy groups -OCH3 is 1.